The quantitative estimate of drug-likeness (QED) is 0.521. The van der Waals surface area contributed by atoms with E-state index < -0.39 is 37.1 Å². The number of ether oxygens (including phenoxy) is 1. The van der Waals surface area contributed by atoms with Crippen molar-refractivity contribution in [2.45, 2.75) is 36.9 Å². The molecule has 4 rings (SSSR count). The molecule has 28 heavy (non-hydrogen) atoms. The molecule has 0 spiro atoms. The van der Waals surface area contributed by atoms with Crippen LogP contribution < -0.4 is 0 Å². The second-order valence-electron chi connectivity index (χ2n) is 7.03. The van der Waals surface area contributed by atoms with Gasteiger partial charge in [0.05, 0.1) is 6.61 Å². The van der Waals surface area contributed by atoms with Crippen molar-refractivity contribution in [3.05, 3.63) is 69.6 Å². The minimum atomic E-state index is -1.43. The van der Waals surface area contributed by atoms with Crippen LogP contribution in [-0.4, -0.2) is 51.4 Å². The summed E-state index contributed by atoms with van der Waals surface area (Å²) in [5.41, 5.74) is 1.51. The van der Waals surface area contributed by atoms with Gasteiger partial charge in [-0.15, -0.1) is 11.3 Å². The number of hydrogen-bond acceptors (Lipinski definition) is 6. The number of aliphatic hydroxyl groups is 4. The van der Waals surface area contributed by atoms with E-state index in [9.17, 15) is 20.4 Å². The zero-order valence-electron chi connectivity index (χ0n) is 14.9. The third kappa shape index (κ3) is 3.69. The van der Waals surface area contributed by atoms with Gasteiger partial charge in [-0.25, -0.2) is 0 Å². The summed E-state index contributed by atoms with van der Waals surface area (Å²) < 4.78 is 6.88. The second kappa shape index (κ2) is 8.08. The molecular formula is C21H21ClO5S. The summed E-state index contributed by atoms with van der Waals surface area (Å²) in [6.45, 7) is -0.472. The Morgan fingerprint density at radius 1 is 0.964 bits per heavy atom. The van der Waals surface area contributed by atoms with Crippen LogP contribution in [0.25, 0.3) is 10.1 Å². The molecule has 4 N–H and O–H groups in total. The van der Waals surface area contributed by atoms with Crippen LogP contribution in [0.15, 0.2) is 48.5 Å². The minimum Gasteiger partial charge on any atom is -0.394 e. The Morgan fingerprint density at radius 3 is 2.50 bits per heavy atom. The first kappa shape index (κ1) is 19.8. The Bertz CT molecular complexity index is 939. The first-order valence-electron chi connectivity index (χ1n) is 9.04. The van der Waals surface area contributed by atoms with Crippen LogP contribution in [-0.2, 0) is 11.2 Å². The molecule has 1 fully saturated rings. The van der Waals surface area contributed by atoms with Gasteiger partial charge in [0, 0.05) is 26.6 Å². The molecule has 0 aliphatic carbocycles. The molecular weight excluding hydrogens is 400 g/mol. The molecule has 2 heterocycles. The number of hydrogen-bond donors (Lipinski definition) is 4. The summed E-state index contributed by atoms with van der Waals surface area (Å²) in [6.07, 6.45) is -5.39. The molecule has 5 nitrogen and oxygen atoms in total. The molecule has 0 unspecified atom stereocenters. The lowest BCUT2D eigenvalue weighted by Gasteiger charge is -2.40. The Labute approximate surface area is 171 Å². The molecule has 0 bridgehead atoms. The number of aliphatic hydroxyl groups excluding tert-OH is 4. The number of benzene rings is 2. The van der Waals surface area contributed by atoms with E-state index in [1.165, 1.54) is 15.0 Å². The molecule has 5 atom stereocenters. The van der Waals surface area contributed by atoms with Crippen molar-refractivity contribution in [2.24, 2.45) is 0 Å². The number of fused-ring (bicyclic) bond motifs is 1. The van der Waals surface area contributed by atoms with E-state index in [1.54, 1.807) is 17.4 Å². The fourth-order valence-electron chi connectivity index (χ4n) is 3.61. The van der Waals surface area contributed by atoms with Gasteiger partial charge in [-0.05, 0) is 29.1 Å². The summed E-state index contributed by atoms with van der Waals surface area (Å²) in [5, 5.41) is 41.5. The van der Waals surface area contributed by atoms with E-state index in [4.69, 9.17) is 16.3 Å². The maximum absolute atomic E-state index is 10.4. The van der Waals surface area contributed by atoms with Crippen LogP contribution in [0.2, 0.25) is 5.02 Å². The van der Waals surface area contributed by atoms with Crippen molar-refractivity contribution in [3.63, 3.8) is 0 Å². The van der Waals surface area contributed by atoms with Crippen LogP contribution >= 0.6 is 22.9 Å². The van der Waals surface area contributed by atoms with E-state index in [0.717, 1.165) is 5.56 Å². The average Bonchev–Trinajstić information content (AvgIpc) is 3.10. The van der Waals surface area contributed by atoms with Crippen LogP contribution in [0, 0.1) is 0 Å². The molecule has 7 heteroatoms. The van der Waals surface area contributed by atoms with E-state index in [1.807, 2.05) is 24.3 Å². The first-order chi connectivity index (χ1) is 13.5. The van der Waals surface area contributed by atoms with Gasteiger partial charge in [-0.1, -0.05) is 41.9 Å². The molecule has 1 aromatic heterocycles. The van der Waals surface area contributed by atoms with Gasteiger partial charge in [0.25, 0.3) is 0 Å². The van der Waals surface area contributed by atoms with Crippen molar-refractivity contribution in [1.29, 1.82) is 0 Å². The minimum absolute atomic E-state index is 0.393. The molecule has 0 saturated carbocycles. The van der Waals surface area contributed by atoms with Crippen LogP contribution in [0.1, 0.15) is 22.1 Å². The van der Waals surface area contributed by atoms with Gasteiger partial charge in [0.1, 0.15) is 30.5 Å². The molecule has 0 amide bonds. The Kier molecular flexibility index (Phi) is 5.71. The largest absolute Gasteiger partial charge is 0.394 e. The molecule has 1 aliphatic rings. The molecule has 3 aromatic rings. The Morgan fingerprint density at radius 2 is 1.75 bits per heavy atom. The maximum Gasteiger partial charge on any atom is 0.113 e. The summed E-state index contributed by atoms with van der Waals surface area (Å²) >= 11 is 8.07. The van der Waals surface area contributed by atoms with Crippen molar-refractivity contribution in [2.75, 3.05) is 6.61 Å². The van der Waals surface area contributed by atoms with Gasteiger partial charge < -0.3 is 25.2 Å². The third-order valence-electron chi connectivity index (χ3n) is 5.11. The van der Waals surface area contributed by atoms with Crippen molar-refractivity contribution < 1.29 is 25.2 Å². The highest BCUT2D eigenvalue weighted by Gasteiger charge is 2.44. The normalized spacial score (nSPS) is 28.0. The highest BCUT2D eigenvalue weighted by Crippen LogP contribution is 2.37. The standard InChI is InChI=1S/C21H21ClO5S/c22-15-6-5-11(7-13-9-12-3-1-2-4-17(12)28-13)8-14(15)21-20(26)19(25)18(24)16(10-23)27-21/h1-6,8-9,16,18-21,23-26H,7,10H2/t16-,18-,19+,20-,21+/m1/s1. The predicted molar refractivity (Wildman–Crippen MR) is 109 cm³/mol. The Hall–Kier alpha value is -1.51. The van der Waals surface area contributed by atoms with Gasteiger partial charge in [0.15, 0.2) is 0 Å². The summed E-state index contributed by atoms with van der Waals surface area (Å²) in [7, 11) is 0. The fourth-order valence-corrected chi connectivity index (χ4v) is 4.93. The predicted octanol–water partition coefficient (Wildman–Crippen LogP) is 2.66. The number of halogens is 1. The van der Waals surface area contributed by atoms with Gasteiger partial charge >= 0.3 is 0 Å². The highest BCUT2D eigenvalue weighted by atomic mass is 35.5. The third-order valence-corrected chi connectivity index (χ3v) is 6.57. The molecule has 1 saturated heterocycles. The van der Waals surface area contributed by atoms with Crippen LogP contribution in [0.3, 0.4) is 0 Å². The Balaban J connectivity index is 1.63. The van der Waals surface area contributed by atoms with Gasteiger partial charge in [-0.2, -0.15) is 0 Å². The zero-order valence-corrected chi connectivity index (χ0v) is 16.5. The fraction of sp³-hybridized carbons (Fsp3) is 0.333. The zero-order chi connectivity index (χ0) is 19.8. The monoisotopic (exact) mass is 420 g/mol. The van der Waals surface area contributed by atoms with E-state index in [-0.39, 0.29) is 0 Å². The average molecular weight is 421 g/mol. The SMILES string of the molecule is OC[C@H]1O[C@@H](c2cc(Cc3cc4ccccc4s3)ccc2Cl)[C@H](O)[C@@H](O)[C@@H]1O. The van der Waals surface area contributed by atoms with Gasteiger partial charge in [0.2, 0.25) is 0 Å². The maximum atomic E-state index is 10.4. The molecule has 148 valence electrons. The van der Waals surface area contributed by atoms with Crippen molar-refractivity contribution in [1.82, 2.24) is 0 Å². The van der Waals surface area contributed by atoms with Crippen molar-refractivity contribution >= 4 is 33.0 Å². The lowest BCUT2D eigenvalue weighted by atomic mass is 9.90. The topological polar surface area (TPSA) is 90.2 Å². The molecule has 0 radical (unpaired) electrons. The summed E-state index contributed by atoms with van der Waals surface area (Å²) in [6, 6.07) is 15.9. The van der Waals surface area contributed by atoms with E-state index in [2.05, 4.69) is 18.2 Å². The second-order valence-corrected chi connectivity index (χ2v) is 8.61. The van der Waals surface area contributed by atoms with E-state index >= 15 is 0 Å². The lowest BCUT2D eigenvalue weighted by molar-refractivity contribution is -0.231. The summed E-state index contributed by atoms with van der Waals surface area (Å²) in [5.74, 6) is 0. The van der Waals surface area contributed by atoms with Crippen LogP contribution in [0.5, 0.6) is 0 Å². The van der Waals surface area contributed by atoms with E-state index in [0.29, 0.717) is 17.0 Å². The summed E-state index contributed by atoms with van der Waals surface area (Å²) in [4.78, 5) is 1.20. The van der Waals surface area contributed by atoms with Crippen molar-refractivity contribution in [3.8, 4) is 0 Å². The molecule has 2 aromatic carbocycles. The smallest absolute Gasteiger partial charge is 0.113 e. The van der Waals surface area contributed by atoms with Gasteiger partial charge in [-0.3, -0.25) is 0 Å². The number of thiophene rings is 1. The first-order valence-corrected chi connectivity index (χ1v) is 10.2. The highest BCUT2D eigenvalue weighted by molar-refractivity contribution is 7.19. The number of rotatable bonds is 4. The molecule has 1 aliphatic heterocycles. The lowest BCUT2D eigenvalue weighted by Crippen LogP contribution is -2.55. The van der Waals surface area contributed by atoms with Crippen LogP contribution in [0.4, 0.5) is 0 Å².